The Bertz CT molecular complexity index is 639. The summed E-state index contributed by atoms with van der Waals surface area (Å²) >= 11 is 0. The number of ether oxygens (including phenoxy) is 2. The predicted molar refractivity (Wildman–Crippen MR) is 78.8 cm³/mol. The molecule has 3 heteroatoms. The van der Waals surface area contributed by atoms with Crippen LogP contribution in [0.2, 0.25) is 0 Å². The molecule has 20 heavy (non-hydrogen) atoms. The highest BCUT2D eigenvalue weighted by atomic mass is 16.5. The van der Waals surface area contributed by atoms with Crippen LogP contribution in [-0.4, -0.2) is 33.0 Å². The molecule has 4 rings (SSSR count). The van der Waals surface area contributed by atoms with Crippen LogP contribution in [0.3, 0.4) is 0 Å². The first-order valence-electron chi connectivity index (χ1n) is 7.15. The Labute approximate surface area is 118 Å². The second-order valence-corrected chi connectivity index (χ2v) is 6.11. The van der Waals surface area contributed by atoms with Crippen molar-refractivity contribution in [1.82, 2.24) is 0 Å². The lowest BCUT2D eigenvalue weighted by molar-refractivity contribution is -0.223. The summed E-state index contributed by atoms with van der Waals surface area (Å²) in [6, 6.07) is 15.2. The van der Waals surface area contributed by atoms with E-state index in [1.807, 2.05) is 0 Å². The van der Waals surface area contributed by atoms with Gasteiger partial charge in [-0.15, -0.1) is 0 Å². The molecule has 2 aromatic carbocycles. The summed E-state index contributed by atoms with van der Waals surface area (Å²) < 4.78 is 11.1. The van der Waals surface area contributed by atoms with Crippen LogP contribution in [0.15, 0.2) is 42.5 Å². The zero-order valence-electron chi connectivity index (χ0n) is 11.5. The van der Waals surface area contributed by atoms with Gasteiger partial charge in [-0.3, -0.25) is 0 Å². The van der Waals surface area contributed by atoms with Crippen molar-refractivity contribution in [3.05, 3.63) is 48.0 Å². The van der Waals surface area contributed by atoms with Gasteiger partial charge in [-0.25, -0.2) is 0 Å². The highest BCUT2D eigenvalue weighted by Gasteiger charge is 2.60. The fourth-order valence-electron chi connectivity index (χ4n) is 3.51. The lowest BCUT2D eigenvalue weighted by Gasteiger charge is -2.59. The summed E-state index contributed by atoms with van der Waals surface area (Å²) in [5.41, 5.74) is 7.50. The molecule has 0 amide bonds. The van der Waals surface area contributed by atoms with Crippen LogP contribution in [0, 0.1) is 5.41 Å². The van der Waals surface area contributed by atoms with Crippen LogP contribution < -0.4 is 5.73 Å². The standard InChI is InChI=1S/C17H19NO2/c18-8-16(9-19-10-16)17(11-20-12-17)15-6-5-13-3-1-2-4-14(13)7-15/h1-7H,8-12,18H2. The van der Waals surface area contributed by atoms with Crippen molar-refractivity contribution in [2.24, 2.45) is 11.1 Å². The second kappa shape index (κ2) is 4.29. The van der Waals surface area contributed by atoms with Crippen molar-refractivity contribution in [2.45, 2.75) is 5.41 Å². The quantitative estimate of drug-likeness (QED) is 0.928. The van der Waals surface area contributed by atoms with Crippen LogP contribution in [0.5, 0.6) is 0 Å². The van der Waals surface area contributed by atoms with E-state index in [1.165, 1.54) is 16.3 Å². The van der Waals surface area contributed by atoms with Crippen molar-refractivity contribution in [2.75, 3.05) is 33.0 Å². The van der Waals surface area contributed by atoms with Crippen LogP contribution >= 0.6 is 0 Å². The fourth-order valence-corrected chi connectivity index (χ4v) is 3.51. The van der Waals surface area contributed by atoms with E-state index in [4.69, 9.17) is 15.2 Å². The van der Waals surface area contributed by atoms with Crippen LogP contribution in [0.4, 0.5) is 0 Å². The summed E-state index contributed by atoms with van der Waals surface area (Å²) in [6.45, 7) is 3.67. The van der Waals surface area contributed by atoms with Crippen molar-refractivity contribution in [3.8, 4) is 0 Å². The molecule has 0 spiro atoms. The lowest BCUT2D eigenvalue weighted by Crippen LogP contribution is -2.69. The highest BCUT2D eigenvalue weighted by molar-refractivity contribution is 5.83. The Morgan fingerprint density at radius 2 is 1.60 bits per heavy atom. The normalized spacial score (nSPS) is 23.1. The Kier molecular flexibility index (Phi) is 2.64. The number of hydrogen-bond donors (Lipinski definition) is 1. The maximum Gasteiger partial charge on any atom is 0.0593 e. The van der Waals surface area contributed by atoms with E-state index < -0.39 is 0 Å². The first kappa shape index (κ1) is 12.3. The molecule has 2 aliphatic heterocycles. The van der Waals surface area contributed by atoms with Crippen LogP contribution in [-0.2, 0) is 14.9 Å². The largest absolute Gasteiger partial charge is 0.380 e. The summed E-state index contributed by atoms with van der Waals surface area (Å²) in [5.74, 6) is 0. The van der Waals surface area contributed by atoms with Gasteiger partial charge in [0.05, 0.1) is 31.8 Å². The third-order valence-corrected chi connectivity index (χ3v) is 5.16. The van der Waals surface area contributed by atoms with E-state index in [-0.39, 0.29) is 10.8 Å². The van der Waals surface area contributed by atoms with E-state index in [0.717, 1.165) is 26.4 Å². The topological polar surface area (TPSA) is 44.5 Å². The summed E-state index contributed by atoms with van der Waals surface area (Å²) in [6.07, 6.45) is 0. The SMILES string of the molecule is NCC1(C2(c3ccc4ccccc4c3)COC2)COC1. The Hall–Kier alpha value is -1.42. The van der Waals surface area contributed by atoms with Crippen LogP contribution in [0.25, 0.3) is 10.8 Å². The second-order valence-electron chi connectivity index (χ2n) is 6.11. The van der Waals surface area contributed by atoms with E-state index in [2.05, 4.69) is 42.5 Å². The Balaban J connectivity index is 1.83. The minimum Gasteiger partial charge on any atom is -0.380 e. The maximum absolute atomic E-state index is 6.08. The number of benzene rings is 2. The molecule has 0 atom stereocenters. The van der Waals surface area contributed by atoms with E-state index in [9.17, 15) is 0 Å². The van der Waals surface area contributed by atoms with Gasteiger partial charge < -0.3 is 15.2 Å². The summed E-state index contributed by atoms with van der Waals surface area (Å²) in [4.78, 5) is 0. The summed E-state index contributed by atoms with van der Waals surface area (Å²) in [5, 5.41) is 2.56. The predicted octanol–water partition coefficient (Wildman–Crippen LogP) is 2.08. The number of nitrogens with two attached hydrogens (primary N) is 1. The minimum atomic E-state index is 0.0318. The average molecular weight is 269 g/mol. The molecule has 104 valence electrons. The van der Waals surface area contributed by atoms with E-state index in [0.29, 0.717) is 6.54 Å². The molecular weight excluding hydrogens is 250 g/mol. The van der Waals surface area contributed by atoms with Gasteiger partial charge in [0.15, 0.2) is 0 Å². The maximum atomic E-state index is 6.08. The smallest absolute Gasteiger partial charge is 0.0593 e. The molecule has 2 N–H and O–H groups in total. The molecule has 3 nitrogen and oxygen atoms in total. The van der Waals surface area contributed by atoms with Gasteiger partial charge >= 0.3 is 0 Å². The molecule has 0 bridgehead atoms. The lowest BCUT2D eigenvalue weighted by atomic mass is 9.57. The number of fused-ring (bicyclic) bond motifs is 1. The third-order valence-electron chi connectivity index (χ3n) is 5.16. The molecule has 0 saturated carbocycles. The third kappa shape index (κ3) is 1.46. The van der Waals surface area contributed by atoms with Gasteiger partial charge in [-0.05, 0) is 16.3 Å². The summed E-state index contributed by atoms with van der Waals surface area (Å²) in [7, 11) is 0. The van der Waals surface area contributed by atoms with Crippen molar-refractivity contribution >= 4 is 10.8 Å². The van der Waals surface area contributed by atoms with E-state index in [1.54, 1.807) is 0 Å². The molecular formula is C17H19NO2. The zero-order valence-corrected chi connectivity index (χ0v) is 11.5. The molecule has 0 aliphatic carbocycles. The molecule has 2 fully saturated rings. The van der Waals surface area contributed by atoms with Gasteiger partial charge in [-0.1, -0.05) is 42.5 Å². The van der Waals surface area contributed by atoms with Gasteiger partial charge in [-0.2, -0.15) is 0 Å². The Morgan fingerprint density at radius 1 is 0.900 bits per heavy atom. The monoisotopic (exact) mass is 269 g/mol. The Morgan fingerprint density at radius 3 is 2.15 bits per heavy atom. The highest BCUT2D eigenvalue weighted by Crippen LogP contribution is 2.51. The van der Waals surface area contributed by atoms with Gasteiger partial charge in [0.2, 0.25) is 0 Å². The molecule has 0 unspecified atom stereocenters. The van der Waals surface area contributed by atoms with Gasteiger partial charge in [0.25, 0.3) is 0 Å². The minimum absolute atomic E-state index is 0.0318. The molecule has 2 saturated heterocycles. The first-order valence-corrected chi connectivity index (χ1v) is 7.15. The number of hydrogen-bond acceptors (Lipinski definition) is 3. The molecule has 2 aliphatic rings. The molecule has 0 radical (unpaired) electrons. The number of rotatable bonds is 3. The van der Waals surface area contributed by atoms with E-state index >= 15 is 0 Å². The first-order chi connectivity index (χ1) is 9.80. The van der Waals surface area contributed by atoms with Crippen molar-refractivity contribution in [3.63, 3.8) is 0 Å². The molecule has 2 aromatic rings. The molecule has 2 heterocycles. The van der Waals surface area contributed by atoms with Gasteiger partial charge in [0.1, 0.15) is 0 Å². The van der Waals surface area contributed by atoms with Crippen molar-refractivity contribution in [1.29, 1.82) is 0 Å². The zero-order chi connectivity index (χ0) is 13.6. The average Bonchev–Trinajstić information content (AvgIpc) is 2.40. The van der Waals surface area contributed by atoms with Crippen LogP contribution in [0.1, 0.15) is 5.56 Å². The van der Waals surface area contributed by atoms with Crippen molar-refractivity contribution < 1.29 is 9.47 Å². The van der Waals surface area contributed by atoms with Gasteiger partial charge in [0, 0.05) is 12.0 Å². The molecule has 0 aromatic heterocycles. The fraction of sp³-hybridized carbons (Fsp3) is 0.412.